The Labute approximate surface area is 184 Å². The summed E-state index contributed by atoms with van der Waals surface area (Å²) >= 11 is 0. The average Bonchev–Trinajstić information content (AvgIpc) is 3.54. The van der Waals surface area contributed by atoms with E-state index in [1.807, 2.05) is 12.1 Å². The summed E-state index contributed by atoms with van der Waals surface area (Å²) < 4.78 is 11.5. The van der Waals surface area contributed by atoms with Crippen molar-refractivity contribution in [1.82, 2.24) is 0 Å². The van der Waals surface area contributed by atoms with Gasteiger partial charge in [-0.2, -0.15) is 0 Å². The molecule has 1 saturated carbocycles. The van der Waals surface area contributed by atoms with Crippen molar-refractivity contribution in [3.63, 3.8) is 0 Å². The van der Waals surface area contributed by atoms with Gasteiger partial charge in [0.25, 0.3) is 0 Å². The van der Waals surface area contributed by atoms with Crippen molar-refractivity contribution >= 4 is 0 Å². The number of aliphatic hydroxyl groups excluding tert-OH is 1. The molecule has 0 bridgehead atoms. The molecule has 1 unspecified atom stereocenters. The minimum absolute atomic E-state index is 0.0464. The second-order valence-corrected chi connectivity index (χ2v) is 9.79. The fourth-order valence-electron chi connectivity index (χ4n) is 4.10. The van der Waals surface area contributed by atoms with E-state index in [4.69, 9.17) is 15.2 Å². The van der Waals surface area contributed by atoms with Gasteiger partial charge in [0, 0.05) is 11.6 Å². The number of ether oxygens (including phenoxy) is 2. The standard InChI is InChI=1S/C26H45NO3/c1-21(2)10-8-6-4-5-7-9-17-30-24-14-13-23(25(18-24)29-3)15-16-26(27,20-28)19-22-11-12-22/h13-14,18,21-22,28H,4-12,15-17,19-20,27H2,1-3H3. The molecule has 1 aliphatic rings. The fraction of sp³-hybridized carbons (Fsp3) is 0.769. The molecule has 1 fully saturated rings. The van der Waals surface area contributed by atoms with Gasteiger partial charge in [0.05, 0.1) is 20.3 Å². The van der Waals surface area contributed by atoms with Crippen LogP contribution in [0.1, 0.15) is 90.0 Å². The van der Waals surface area contributed by atoms with E-state index in [0.717, 1.165) is 55.3 Å². The number of nitrogens with two attached hydrogens (primary N) is 1. The smallest absolute Gasteiger partial charge is 0.125 e. The molecule has 0 aliphatic heterocycles. The molecule has 0 heterocycles. The Morgan fingerprint density at radius 2 is 1.80 bits per heavy atom. The zero-order chi connectivity index (χ0) is 21.8. The van der Waals surface area contributed by atoms with Crippen LogP contribution in [0.15, 0.2) is 18.2 Å². The van der Waals surface area contributed by atoms with Crippen LogP contribution in [0.4, 0.5) is 0 Å². The highest BCUT2D eigenvalue weighted by Crippen LogP contribution is 2.37. The van der Waals surface area contributed by atoms with Gasteiger partial charge in [-0.25, -0.2) is 0 Å². The van der Waals surface area contributed by atoms with Crippen molar-refractivity contribution in [2.45, 2.75) is 96.4 Å². The third-order valence-electron chi connectivity index (χ3n) is 6.30. The Morgan fingerprint density at radius 3 is 2.43 bits per heavy atom. The van der Waals surface area contributed by atoms with Crippen LogP contribution in [-0.2, 0) is 6.42 Å². The summed E-state index contributed by atoms with van der Waals surface area (Å²) in [6.45, 7) is 5.40. The van der Waals surface area contributed by atoms with E-state index in [1.54, 1.807) is 7.11 Å². The number of methoxy groups -OCH3 is 1. The second-order valence-electron chi connectivity index (χ2n) is 9.79. The van der Waals surface area contributed by atoms with Gasteiger partial charge in [0.1, 0.15) is 11.5 Å². The average molecular weight is 420 g/mol. The summed E-state index contributed by atoms with van der Waals surface area (Å²) in [4.78, 5) is 0. The predicted molar refractivity (Wildman–Crippen MR) is 125 cm³/mol. The monoisotopic (exact) mass is 419 g/mol. The van der Waals surface area contributed by atoms with Crippen LogP contribution in [-0.4, -0.2) is 31.0 Å². The molecule has 172 valence electrons. The van der Waals surface area contributed by atoms with Crippen molar-refractivity contribution in [2.24, 2.45) is 17.6 Å². The number of rotatable bonds is 17. The molecular formula is C26H45NO3. The molecule has 1 atom stereocenters. The molecule has 1 aromatic carbocycles. The van der Waals surface area contributed by atoms with Crippen LogP contribution in [0.25, 0.3) is 0 Å². The quantitative estimate of drug-likeness (QED) is 0.309. The Kier molecular flexibility index (Phi) is 11.0. The molecule has 3 N–H and O–H groups in total. The van der Waals surface area contributed by atoms with Crippen molar-refractivity contribution < 1.29 is 14.6 Å². The lowest BCUT2D eigenvalue weighted by atomic mass is 9.87. The molecule has 2 rings (SSSR count). The van der Waals surface area contributed by atoms with E-state index in [-0.39, 0.29) is 6.61 Å². The molecular weight excluding hydrogens is 374 g/mol. The first-order valence-electron chi connectivity index (χ1n) is 12.2. The lowest BCUT2D eigenvalue weighted by Gasteiger charge is -2.27. The minimum atomic E-state index is -0.476. The summed E-state index contributed by atoms with van der Waals surface area (Å²) in [6, 6.07) is 6.10. The Hall–Kier alpha value is -1.26. The maximum absolute atomic E-state index is 9.76. The van der Waals surface area contributed by atoms with Gasteiger partial charge in [-0.1, -0.05) is 71.3 Å². The molecule has 0 spiro atoms. The minimum Gasteiger partial charge on any atom is -0.496 e. The van der Waals surface area contributed by atoms with Gasteiger partial charge in [0.15, 0.2) is 0 Å². The first-order valence-corrected chi connectivity index (χ1v) is 12.2. The second kappa shape index (κ2) is 13.2. The van der Waals surface area contributed by atoms with Crippen LogP contribution in [0.5, 0.6) is 11.5 Å². The van der Waals surface area contributed by atoms with E-state index >= 15 is 0 Å². The zero-order valence-corrected chi connectivity index (χ0v) is 19.6. The number of hydrogen-bond donors (Lipinski definition) is 2. The summed E-state index contributed by atoms with van der Waals surface area (Å²) in [6.07, 6.45) is 14.1. The zero-order valence-electron chi connectivity index (χ0n) is 19.6. The highest BCUT2D eigenvalue weighted by molar-refractivity contribution is 5.41. The normalized spacial score (nSPS) is 15.9. The van der Waals surface area contributed by atoms with E-state index in [0.29, 0.717) is 5.92 Å². The van der Waals surface area contributed by atoms with Crippen LogP contribution in [0, 0.1) is 11.8 Å². The fourth-order valence-corrected chi connectivity index (χ4v) is 4.10. The van der Waals surface area contributed by atoms with E-state index in [9.17, 15) is 5.11 Å². The van der Waals surface area contributed by atoms with Crippen LogP contribution in [0.3, 0.4) is 0 Å². The van der Waals surface area contributed by atoms with Gasteiger partial charge < -0.3 is 20.3 Å². The molecule has 0 amide bonds. The summed E-state index contributed by atoms with van der Waals surface area (Å²) in [7, 11) is 1.70. The Bertz CT molecular complexity index is 600. The van der Waals surface area contributed by atoms with Crippen molar-refractivity contribution in [3.05, 3.63) is 23.8 Å². The number of hydrogen-bond acceptors (Lipinski definition) is 4. The molecule has 4 nitrogen and oxygen atoms in total. The van der Waals surface area contributed by atoms with E-state index < -0.39 is 5.54 Å². The highest BCUT2D eigenvalue weighted by Gasteiger charge is 2.33. The number of unbranched alkanes of at least 4 members (excludes halogenated alkanes) is 5. The van der Waals surface area contributed by atoms with Gasteiger partial charge in [-0.15, -0.1) is 0 Å². The van der Waals surface area contributed by atoms with Gasteiger partial charge in [-0.05, 0) is 49.1 Å². The SMILES string of the molecule is COc1cc(OCCCCCCCCC(C)C)ccc1CCC(N)(CO)CC1CC1. The van der Waals surface area contributed by atoms with Crippen molar-refractivity contribution in [1.29, 1.82) is 0 Å². The van der Waals surface area contributed by atoms with Crippen molar-refractivity contribution in [3.8, 4) is 11.5 Å². The lowest BCUT2D eigenvalue weighted by molar-refractivity contribution is 0.172. The maximum Gasteiger partial charge on any atom is 0.125 e. The van der Waals surface area contributed by atoms with Gasteiger partial charge >= 0.3 is 0 Å². The number of aryl methyl sites for hydroxylation is 1. The molecule has 1 aliphatic carbocycles. The lowest BCUT2D eigenvalue weighted by Crippen LogP contribution is -2.44. The summed E-state index contributed by atoms with van der Waals surface area (Å²) in [5.41, 5.74) is 7.09. The molecule has 0 radical (unpaired) electrons. The first kappa shape index (κ1) is 25.0. The summed E-state index contributed by atoms with van der Waals surface area (Å²) in [5.74, 6) is 3.26. The van der Waals surface area contributed by atoms with E-state index in [2.05, 4.69) is 19.9 Å². The molecule has 30 heavy (non-hydrogen) atoms. The predicted octanol–water partition coefficient (Wildman–Crippen LogP) is 5.88. The highest BCUT2D eigenvalue weighted by atomic mass is 16.5. The van der Waals surface area contributed by atoms with Crippen LogP contribution < -0.4 is 15.2 Å². The maximum atomic E-state index is 9.76. The van der Waals surface area contributed by atoms with Gasteiger partial charge in [0.2, 0.25) is 0 Å². The van der Waals surface area contributed by atoms with Gasteiger partial charge in [-0.3, -0.25) is 0 Å². The topological polar surface area (TPSA) is 64.7 Å². The number of aliphatic hydroxyl groups is 1. The Morgan fingerprint density at radius 1 is 1.10 bits per heavy atom. The Balaban J connectivity index is 1.68. The van der Waals surface area contributed by atoms with E-state index in [1.165, 1.54) is 51.4 Å². The molecule has 0 saturated heterocycles. The first-order chi connectivity index (χ1) is 14.5. The molecule has 0 aromatic heterocycles. The van der Waals surface area contributed by atoms with Crippen molar-refractivity contribution in [2.75, 3.05) is 20.3 Å². The molecule has 4 heteroatoms. The molecule has 1 aromatic rings. The third kappa shape index (κ3) is 9.70. The third-order valence-corrected chi connectivity index (χ3v) is 6.30. The largest absolute Gasteiger partial charge is 0.496 e. The summed E-state index contributed by atoms with van der Waals surface area (Å²) in [5, 5.41) is 9.76. The number of benzene rings is 1. The van der Waals surface area contributed by atoms with Crippen LogP contribution >= 0.6 is 0 Å². The van der Waals surface area contributed by atoms with Crippen LogP contribution in [0.2, 0.25) is 0 Å².